The molecular weight excluding hydrogens is 767 g/mol. The SMILES string of the molecule is CC/C=C/C=C/C=C/C=C\CCCCCC(CC(=O)NC(CO)C(O)CCCCCCCCCCCCCCCC)OC(=O)CCCCC/C=C/C=C/CCCCCCCCC. The summed E-state index contributed by atoms with van der Waals surface area (Å²) >= 11 is 0. The molecule has 3 unspecified atom stereocenters. The van der Waals surface area contributed by atoms with Crippen LogP contribution in [0.3, 0.4) is 0 Å². The minimum Gasteiger partial charge on any atom is -0.462 e. The van der Waals surface area contributed by atoms with Crippen LogP contribution in [-0.2, 0) is 14.3 Å². The zero-order valence-electron chi connectivity index (χ0n) is 40.7. The largest absolute Gasteiger partial charge is 0.462 e. The van der Waals surface area contributed by atoms with Gasteiger partial charge >= 0.3 is 5.97 Å². The lowest BCUT2D eigenvalue weighted by atomic mass is 10.0. The maximum atomic E-state index is 13.2. The zero-order valence-corrected chi connectivity index (χ0v) is 40.7. The minimum absolute atomic E-state index is 0.0384. The van der Waals surface area contributed by atoms with Crippen LogP contribution in [0.4, 0.5) is 0 Å². The van der Waals surface area contributed by atoms with Crippen molar-refractivity contribution >= 4 is 11.9 Å². The number of aliphatic hydroxyl groups excluding tert-OH is 2. The molecule has 6 heteroatoms. The van der Waals surface area contributed by atoms with Gasteiger partial charge in [-0.1, -0.05) is 235 Å². The van der Waals surface area contributed by atoms with Crippen molar-refractivity contribution in [3.8, 4) is 0 Å². The Morgan fingerprint density at radius 3 is 1.35 bits per heavy atom. The number of allylic oxidation sites excluding steroid dienone is 12. The third-order valence-electron chi connectivity index (χ3n) is 11.6. The summed E-state index contributed by atoms with van der Waals surface area (Å²) in [4.78, 5) is 26.1. The molecule has 0 aromatic rings. The fourth-order valence-electron chi connectivity index (χ4n) is 7.67. The van der Waals surface area contributed by atoms with Crippen LogP contribution < -0.4 is 5.32 Å². The highest BCUT2D eigenvalue weighted by atomic mass is 16.5. The number of ether oxygens (including phenoxy) is 1. The van der Waals surface area contributed by atoms with Crippen molar-refractivity contribution in [3.63, 3.8) is 0 Å². The van der Waals surface area contributed by atoms with Crippen molar-refractivity contribution in [2.24, 2.45) is 0 Å². The molecule has 62 heavy (non-hydrogen) atoms. The fourth-order valence-corrected chi connectivity index (χ4v) is 7.67. The number of amides is 1. The molecule has 0 aromatic carbocycles. The Balaban J connectivity index is 4.66. The van der Waals surface area contributed by atoms with Gasteiger partial charge in [-0.2, -0.15) is 0 Å². The van der Waals surface area contributed by atoms with E-state index in [0.717, 1.165) is 83.5 Å². The highest BCUT2D eigenvalue weighted by Crippen LogP contribution is 2.17. The molecule has 0 spiro atoms. The maximum Gasteiger partial charge on any atom is 0.306 e. The Hall–Kier alpha value is -2.70. The lowest BCUT2D eigenvalue weighted by Gasteiger charge is -2.24. The molecule has 0 bridgehead atoms. The fraction of sp³-hybridized carbons (Fsp3) is 0.750. The molecule has 358 valence electrons. The van der Waals surface area contributed by atoms with Crippen LogP contribution in [-0.4, -0.2) is 46.9 Å². The molecule has 3 atom stereocenters. The average molecular weight is 866 g/mol. The van der Waals surface area contributed by atoms with Gasteiger partial charge in [0.25, 0.3) is 0 Å². The normalized spacial score (nSPS) is 13.8. The molecule has 0 fully saturated rings. The third kappa shape index (κ3) is 43.9. The Morgan fingerprint density at radius 1 is 0.484 bits per heavy atom. The second-order valence-electron chi connectivity index (χ2n) is 17.7. The van der Waals surface area contributed by atoms with E-state index in [1.807, 2.05) is 24.3 Å². The van der Waals surface area contributed by atoms with Gasteiger partial charge in [0.1, 0.15) is 6.10 Å². The number of esters is 1. The topological polar surface area (TPSA) is 95.9 Å². The van der Waals surface area contributed by atoms with E-state index in [4.69, 9.17) is 4.74 Å². The number of nitrogens with one attached hydrogen (secondary N) is 1. The predicted octanol–water partition coefficient (Wildman–Crippen LogP) is 15.8. The van der Waals surface area contributed by atoms with E-state index in [0.29, 0.717) is 19.3 Å². The monoisotopic (exact) mass is 866 g/mol. The van der Waals surface area contributed by atoms with Crippen molar-refractivity contribution in [2.45, 2.75) is 264 Å². The summed E-state index contributed by atoms with van der Waals surface area (Å²) in [5.74, 6) is -0.545. The van der Waals surface area contributed by atoms with E-state index in [9.17, 15) is 19.8 Å². The van der Waals surface area contributed by atoms with Crippen LogP contribution in [0, 0.1) is 0 Å². The van der Waals surface area contributed by atoms with Gasteiger partial charge in [0.2, 0.25) is 5.91 Å². The summed E-state index contributed by atoms with van der Waals surface area (Å²) in [6, 6.07) is -0.723. The first-order valence-electron chi connectivity index (χ1n) is 26.2. The quantitative estimate of drug-likeness (QED) is 0.0322. The molecule has 0 aromatic heterocycles. The number of unbranched alkanes of at least 4 members (excludes halogenated alkanes) is 26. The highest BCUT2D eigenvalue weighted by Gasteiger charge is 2.24. The molecule has 0 aliphatic rings. The van der Waals surface area contributed by atoms with Crippen LogP contribution in [0.25, 0.3) is 0 Å². The molecule has 1 amide bonds. The Labute approximate surface area is 383 Å². The van der Waals surface area contributed by atoms with E-state index in [1.54, 1.807) is 0 Å². The summed E-state index contributed by atoms with van der Waals surface area (Å²) in [7, 11) is 0. The van der Waals surface area contributed by atoms with Crippen LogP contribution >= 0.6 is 0 Å². The van der Waals surface area contributed by atoms with Gasteiger partial charge in [-0.15, -0.1) is 0 Å². The predicted molar refractivity (Wildman–Crippen MR) is 268 cm³/mol. The highest BCUT2D eigenvalue weighted by molar-refractivity contribution is 5.77. The first-order chi connectivity index (χ1) is 30.5. The van der Waals surface area contributed by atoms with Gasteiger partial charge in [0.05, 0.1) is 25.2 Å². The molecule has 0 heterocycles. The first kappa shape index (κ1) is 59.3. The van der Waals surface area contributed by atoms with Crippen molar-refractivity contribution < 1.29 is 24.5 Å². The number of carbonyl (C=O) groups excluding carboxylic acids is 2. The molecule has 0 saturated heterocycles. The zero-order chi connectivity index (χ0) is 45.2. The Morgan fingerprint density at radius 2 is 0.871 bits per heavy atom. The van der Waals surface area contributed by atoms with E-state index < -0.39 is 18.2 Å². The summed E-state index contributed by atoms with van der Waals surface area (Å²) in [5.41, 5.74) is 0. The molecule has 0 saturated carbocycles. The van der Waals surface area contributed by atoms with Gasteiger partial charge in [-0.25, -0.2) is 0 Å². The van der Waals surface area contributed by atoms with Gasteiger partial charge in [0.15, 0.2) is 0 Å². The third-order valence-corrected chi connectivity index (χ3v) is 11.6. The van der Waals surface area contributed by atoms with Crippen LogP contribution in [0.5, 0.6) is 0 Å². The molecule has 6 nitrogen and oxygen atoms in total. The summed E-state index contributed by atoms with van der Waals surface area (Å²) in [6.45, 7) is 6.32. The van der Waals surface area contributed by atoms with E-state index in [2.05, 4.69) is 74.7 Å². The van der Waals surface area contributed by atoms with Crippen LogP contribution in [0.15, 0.2) is 72.9 Å². The van der Waals surface area contributed by atoms with Crippen molar-refractivity contribution in [3.05, 3.63) is 72.9 Å². The minimum atomic E-state index is -0.806. The van der Waals surface area contributed by atoms with Crippen molar-refractivity contribution in [2.75, 3.05) is 6.61 Å². The molecule has 0 rings (SSSR count). The number of hydrogen-bond acceptors (Lipinski definition) is 5. The number of rotatable bonds is 46. The summed E-state index contributed by atoms with van der Waals surface area (Å²) < 4.78 is 5.90. The molecule has 0 aliphatic carbocycles. The van der Waals surface area contributed by atoms with Crippen LogP contribution in [0.1, 0.15) is 245 Å². The van der Waals surface area contributed by atoms with E-state index in [1.165, 1.54) is 116 Å². The first-order valence-corrected chi connectivity index (χ1v) is 26.2. The van der Waals surface area contributed by atoms with Crippen molar-refractivity contribution in [1.82, 2.24) is 5.32 Å². The Kier molecular flexibility index (Phi) is 47.2. The number of carbonyl (C=O) groups is 2. The van der Waals surface area contributed by atoms with Gasteiger partial charge in [-0.3, -0.25) is 9.59 Å². The number of hydrogen-bond donors (Lipinski definition) is 3. The smallest absolute Gasteiger partial charge is 0.306 e. The Bertz CT molecular complexity index is 1150. The molecular formula is C56H99NO5. The molecule has 0 radical (unpaired) electrons. The average Bonchev–Trinajstić information content (AvgIpc) is 3.26. The van der Waals surface area contributed by atoms with E-state index >= 15 is 0 Å². The van der Waals surface area contributed by atoms with Crippen LogP contribution in [0.2, 0.25) is 0 Å². The van der Waals surface area contributed by atoms with Gasteiger partial charge in [-0.05, 0) is 70.6 Å². The van der Waals surface area contributed by atoms with Gasteiger partial charge < -0.3 is 20.3 Å². The summed E-state index contributed by atoms with van der Waals surface area (Å²) in [5, 5.41) is 23.8. The van der Waals surface area contributed by atoms with E-state index in [-0.39, 0.29) is 24.9 Å². The second-order valence-corrected chi connectivity index (χ2v) is 17.7. The molecule has 0 aliphatic heterocycles. The number of aliphatic hydroxyl groups is 2. The lowest BCUT2D eigenvalue weighted by molar-refractivity contribution is -0.151. The van der Waals surface area contributed by atoms with Gasteiger partial charge in [0, 0.05) is 6.42 Å². The second kappa shape index (κ2) is 49.3. The maximum absolute atomic E-state index is 13.2. The molecule has 3 N–H and O–H groups in total. The summed E-state index contributed by atoms with van der Waals surface area (Å²) in [6.07, 6.45) is 62.5. The standard InChI is InChI=1S/C56H99NO5/c1-4-7-10-13-16-19-22-25-27-28-31-34-37-40-43-46-49-56(61)62-52(47-44-41-38-35-32-29-24-21-18-15-12-9-6-3)50-55(60)57-53(51-58)54(59)48-45-42-39-36-33-30-26-23-20-17-14-11-8-5-2/h9,12,15,18,21,24,27-29,31-32,34,52-54,58-59H,4-8,10-11,13-14,16-17,19-20,22-23,25-26,30,33,35-51H2,1-3H3,(H,57,60)/b12-9+,18-15+,24-21+,28-27+,32-29-,34-31+. The lowest BCUT2D eigenvalue weighted by Crippen LogP contribution is -2.46. The van der Waals surface area contributed by atoms with Crippen molar-refractivity contribution in [1.29, 1.82) is 0 Å².